The van der Waals surface area contributed by atoms with Crippen molar-refractivity contribution in [1.82, 2.24) is 4.90 Å². The summed E-state index contributed by atoms with van der Waals surface area (Å²) in [6, 6.07) is 0. The van der Waals surface area contributed by atoms with Crippen molar-refractivity contribution in [2.24, 2.45) is 5.41 Å². The highest BCUT2D eigenvalue weighted by atomic mass is 19.4. The van der Waals surface area contributed by atoms with Gasteiger partial charge < -0.3 is 10.0 Å². The fraction of sp³-hybridized carbons (Fsp3) is 0.556. The minimum Gasteiger partial charge on any atom is -0.481 e. The molecule has 1 saturated heterocycles. The molecule has 0 aliphatic carbocycles. The summed E-state index contributed by atoms with van der Waals surface area (Å²) in [5.41, 5.74) is -0.924. The Morgan fingerprint density at radius 1 is 1.44 bits per heavy atom. The third kappa shape index (κ3) is 2.34. The quantitative estimate of drug-likeness (QED) is 0.746. The van der Waals surface area contributed by atoms with E-state index in [0.29, 0.717) is 4.90 Å². The minimum atomic E-state index is -4.91. The van der Waals surface area contributed by atoms with Crippen LogP contribution in [0.5, 0.6) is 0 Å². The van der Waals surface area contributed by atoms with Crippen LogP contribution in [0.3, 0.4) is 0 Å². The van der Waals surface area contributed by atoms with E-state index in [-0.39, 0.29) is 19.5 Å². The number of carbonyl (C=O) groups excluding carboxylic acids is 1. The van der Waals surface area contributed by atoms with Crippen molar-refractivity contribution >= 4 is 11.9 Å². The van der Waals surface area contributed by atoms with E-state index in [2.05, 4.69) is 6.58 Å². The number of rotatable bonds is 3. The van der Waals surface area contributed by atoms with Crippen LogP contribution in [0.15, 0.2) is 12.7 Å². The third-order valence-corrected chi connectivity index (χ3v) is 2.48. The van der Waals surface area contributed by atoms with Crippen LogP contribution in [-0.4, -0.2) is 41.1 Å². The first-order chi connectivity index (χ1) is 7.20. The van der Waals surface area contributed by atoms with Crippen LogP contribution >= 0.6 is 0 Å². The van der Waals surface area contributed by atoms with Crippen LogP contribution in [0.25, 0.3) is 0 Å². The molecule has 0 radical (unpaired) electrons. The van der Waals surface area contributed by atoms with Crippen molar-refractivity contribution in [3.8, 4) is 0 Å². The van der Waals surface area contributed by atoms with Gasteiger partial charge in [0.05, 0.1) is 6.42 Å². The van der Waals surface area contributed by atoms with Crippen molar-refractivity contribution in [2.75, 3.05) is 13.1 Å². The predicted molar refractivity (Wildman–Crippen MR) is 47.5 cm³/mol. The lowest BCUT2D eigenvalue weighted by Crippen LogP contribution is -2.61. The van der Waals surface area contributed by atoms with Gasteiger partial charge in [-0.3, -0.25) is 9.59 Å². The Labute approximate surface area is 89.3 Å². The predicted octanol–water partition coefficient (Wildman–Crippen LogP) is 1.04. The third-order valence-electron chi connectivity index (χ3n) is 2.48. The van der Waals surface area contributed by atoms with Gasteiger partial charge in [-0.2, -0.15) is 13.2 Å². The summed E-state index contributed by atoms with van der Waals surface area (Å²) in [7, 11) is 0. The number of carbonyl (C=O) groups is 2. The lowest BCUT2D eigenvalue weighted by atomic mass is 9.77. The highest BCUT2D eigenvalue weighted by Gasteiger charge is 2.51. The van der Waals surface area contributed by atoms with Gasteiger partial charge in [0.2, 0.25) is 0 Å². The Bertz CT molecular complexity index is 331. The normalized spacial score (nSPS) is 18.8. The highest BCUT2D eigenvalue weighted by molar-refractivity contribution is 5.83. The maximum Gasteiger partial charge on any atom is 0.471 e. The molecule has 1 aliphatic rings. The molecule has 0 aromatic heterocycles. The Morgan fingerprint density at radius 2 is 1.94 bits per heavy atom. The van der Waals surface area contributed by atoms with Gasteiger partial charge in [-0.05, 0) is 0 Å². The summed E-state index contributed by atoms with van der Waals surface area (Å²) in [4.78, 5) is 21.8. The molecule has 90 valence electrons. The second kappa shape index (κ2) is 3.80. The summed E-state index contributed by atoms with van der Waals surface area (Å²) in [5.74, 6) is -3.06. The van der Waals surface area contributed by atoms with Crippen LogP contribution in [0, 0.1) is 5.41 Å². The zero-order valence-corrected chi connectivity index (χ0v) is 8.25. The number of likely N-dealkylation sites (tertiary alicyclic amines) is 1. The van der Waals surface area contributed by atoms with Crippen molar-refractivity contribution in [1.29, 1.82) is 0 Å². The molecule has 0 saturated carbocycles. The lowest BCUT2D eigenvalue weighted by molar-refractivity contribution is -0.195. The smallest absolute Gasteiger partial charge is 0.471 e. The zero-order chi connectivity index (χ0) is 12.6. The molecule has 0 aromatic carbocycles. The molecule has 1 N–H and O–H groups in total. The largest absolute Gasteiger partial charge is 0.481 e. The first kappa shape index (κ1) is 12.5. The number of carboxylic acid groups (broad SMARTS) is 1. The van der Waals surface area contributed by atoms with E-state index >= 15 is 0 Å². The lowest BCUT2D eigenvalue weighted by Gasteiger charge is -2.47. The highest BCUT2D eigenvalue weighted by Crippen LogP contribution is 2.37. The Balaban J connectivity index is 2.62. The van der Waals surface area contributed by atoms with Crippen LogP contribution in [0.4, 0.5) is 13.2 Å². The van der Waals surface area contributed by atoms with Crippen molar-refractivity contribution in [2.45, 2.75) is 12.6 Å². The van der Waals surface area contributed by atoms with E-state index in [1.54, 1.807) is 0 Å². The molecule has 0 unspecified atom stereocenters. The van der Waals surface area contributed by atoms with Crippen molar-refractivity contribution in [3.63, 3.8) is 0 Å². The average Bonchev–Trinajstić information content (AvgIpc) is 2.07. The number of aliphatic carboxylic acids is 1. The summed E-state index contributed by atoms with van der Waals surface area (Å²) in [6.07, 6.45) is -3.93. The van der Waals surface area contributed by atoms with Gasteiger partial charge in [-0.1, -0.05) is 6.08 Å². The molecule has 1 heterocycles. The maximum atomic E-state index is 12.0. The van der Waals surface area contributed by atoms with Gasteiger partial charge in [0.1, 0.15) is 0 Å². The summed E-state index contributed by atoms with van der Waals surface area (Å²) in [5, 5.41) is 8.56. The van der Waals surface area contributed by atoms with E-state index in [1.165, 1.54) is 6.08 Å². The molecular formula is C9H10F3NO3. The zero-order valence-electron chi connectivity index (χ0n) is 8.25. The Morgan fingerprint density at radius 3 is 2.25 bits per heavy atom. The van der Waals surface area contributed by atoms with E-state index in [9.17, 15) is 22.8 Å². The number of hydrogen-bond donors (Lipinski definition) is 1. The van der Waals surface area contributed by atoms with Crippen molar-refractivity contribution < 1.29 is 27.9 Å². The molecule has 0 aromatic rings. The fourth-order valence-corrected chi connectivity index (χ4v) is 1.65. The summed E-state index contributed by atoms with van der Waals surface area (Å²) < 4.78 is 36.0. The number of nitrogens with zero attached hydrogens (tertiary/aromatic N) is 1. The Hall–Kier alpha value is -1.53. The molecule has 16 heavy (non-hydrogen) atoms. The number of carboxylic acids is 1. The molecule has 1 rings (SSSR count). The second-order valence-electron chi connectivity index (χ2n) is 3.80. The monoisotopic (exact) mass is 237 g/mol. The van der Waals surface area contributed by atoms with Crippen LogP contribution in [-0.2, 0) is 9.59 Å². The van der Waals surface area contributed by atoms with E-state index in [0.717, 1.165) is 0 Å². The van der Waals surface area contributed by atoms with Crippen LogP contribution in [0.1, 0.15) is 6.42 Å². The van der Waals surface area contributed by atoms with Crippen molar-refractivity contribution in [3.05, 3.63) is 12.7 Å². The Kier molecular flexibility index (Phi) is 2.98. The van der Waals surface area contributed by atoms with E-state index in [4.69, 9.17) is 5.11 Å². The fourth-order valence-electron chi connectivity index (χ4n) is 1.65. The van der Waals surface area contributed by atoms with E-state index < -0.39 is 23.5 Å². The number of alkyl halides is 3. The standard InChI is InChI=1S/C9H10F3NO3/c1-2-8(3-6(14)15)4-13(5-8)7(16)9(10,11)12/h2H,1,3-5H2,(H,14,15). The molecule has 1 fully saturated rings. The molecule has 0 atom stereocenters. The summed E-state index contributed by atoms with van der Waals surface area (Å²) in [6.45, 7) is 2.88. The average molecular weight is 237 g/mol. The first-order valence-electron chi connectivity index (χ1n) is 4.42. The van der Waals surface area contributed by atoms with Gasteiger partial charge in [0.25, 0.3) is 0 Å². The van der Waals surface area contributed by atoms with Gasteiger partial charge in [-0.25, -0.2) is 0 Å². The number of hydrogen-bond acceptors (Lipinski definition) is 2. The molecule has 0 bridgehead atoms. The van der Waals surface area contributed by atoms with E-state index in [1.807, 2.05) is 0 Å². The van der Waals surface area contributed by atoms with Crippen LogP contribution in [0.2, 0.25) is 0 Å². The summed E-state index contributed by atoms with van der Waals surface area (Å²) >= 11 is 0. The van der Waals surface area contributed by atoms with Gasteiger partial charge >= 0.3 is 18.1 Å². The molecule has 1 aliphatic heterocycles. The van der Waals surface area contributed by atoms with Gasteiger partial charge in [-0.15, -0.1) is 6.58 Å². The molecule has 7 heteroatoms. The molecular weight excluding hydrogens is 227 g/mol. The number of halogens is 3. The molecule has 4 nitrogen and oxygen atoms in total. The van der Waals surface area contributed by atoms with Gasteiger partial charge in [0, 0.05) is 18.5 Å². The number of amides is 1. The molecule has 0 spiro atoms. The minimum absolute atomic E-state index is 0.249. The van der Waals surface area contributed by atoms with Gasteiger partial charge in [0.15, 0.2) is 0 Å². The SMILES string of the molecule is C=CC1(CC(=O)O)CN(C(=O)C(F)(F)F)C1. The second-order valence-corrected chi connectivity index (χ2v) is 3.80. The molecule has 1 amide bonds. The first-order valence-corrected chi connectivity index (χ1v) is 4.42. The maximum absolute atomic E-state index is 12.0. The topological polar surface area (TPSA) is 57.6 Å². The van der Waals surface area contributed by atoms with Crippen LogP contribution < -0.4 is 0 Å².